The number of nitrogen functional groups attached to an aromatic ring is 1. The van der Waals surface area contributed by atoms with Crippen molar-refractivity contribution in [2.75, 3.05) is 31.4 Å². The first-order valence-electron chi connectivity index (χ1n) is 6.49. The van der Waals surface area contributed by atoms with E-state index in [2.05, 4.69) is 19.2 Å². The molecule has 3 N–H and O–H groups in total. The van der Waals surface area contributed by atoms with Crippen LogP contribution in [0.1, 0.15) is 26.7 Å². The molecule has 4 heteroatoms. The van der Waals surface area contributed by atoms with Gasteiger partial charge < -0.3 is 20.5 Å². The van der Waals surface area contributed by atoms with Gasteiger partial charge in [-0.2, -0.15) is 0 Å². The molecule has 0 heterocycles. The van der Waals surface area contributed by atoms with Gasteiger partial charge in [-0.1, -0.05) is 13.8 Å². The number of methoxy groups -OCH3 is 1. The monoisotopic (exact) mass is 252 g/mol. The molecule has 0 spiro atoms. The first-order chi connectivity index (χ1) is 8.71. The van der Waals surface area contributed by atoms with Gasteiger partial charge in [-0.05, 0) is 25.0 Å². The summed E-state index contributed by atoms with van der Waals surface area (Å²) in [4.78, 5) is 0. The molecular formula is C14H24N2O2. The second-order valence-corrected chi connectivity index (χ2v) is 4.31. The largest absolute Gasteiger partial charge is 0.491 e. The van der Waals surface area contributed by atoms with Gasteiger partial charge in [0.15, 0.2) is 0 Å². The molecule has 1 aromatic rings. The van der Waals surface area contributed by atoms with Crippen LogP contribution in [0.2, 0.25) is 0 Å². The minimum Gasteiger partial charge on any atom is -0.491 e. The Morgan fingerprint density at radius 1 is 1.33 bits per heavy atom. The van der Waals surface area contributed by atoms with Crippen LogP contribution in [0, 0.1) is 0 Å². The fourth-order valence-electron chi connectivity index (χ4n) is 1.66. The highest BCUT2D eigenvalue weighted by atomic mass is 16.5. The molecule has 0 amide bonds. The molecule has 0 bridgehead atoms. The summed E-state index contributed by atoms with van der Waals surface area (Å²) in [5.41, 5.74) is 7.56. The lowest BCUT2D eigenvalue weighted by atomic mass is 10.2. The van der Waals surface area contributed by atoms with Crippen molar-refractivity contribution in [2.45, 2.75) is 32.7 Å². The van der Waals surface area contributed by atoms with Gasteiger partial charge in [-0.25, -0.2) is 0 Å². The second-order valence-electron chi connectivity index (χ2n) is 4.31. The van der Waals surface area contributed by atoms with E-state index in [9.17, 15) is 0 Å². The number of ether oxygens (including phenoxy) is 2. The Labute approximate surface area is 109 Å². The Kier molecular flexibility index (Phi) is 6.36. The summed E-state index contributed by atoms with van der Waals surface area (Å²) >= 11 is 0. The van der Waals surface area contributed by atoms with E-state index in [0.29, 0.717) is 24.9 Å². The third kappa shape index (κ3) is 4.45. The van der Waals surface area contributed by atoms with E-state index in [-0.39, 0.29) is 0 Å². The van der Waals surface area contributed by atoms with Gasteiger partial charge in [0, 0.05) is 24.9 Å². The number of benzene rings is 1. The van der Waals surface area contributed by atoms with E-state index < -0.39 is 0 Å². The highest BCUT2D eigenvalue weighted by Gasteiger charge is 2.07. The molecule has 102 valence electrons. The highest BCUT2D eigenvalue weighted by molar-refractivity contribution is 5.61. The number of rotatable bonds is 8. The minimum absolute atomic E-state index is 0.303. The van der Waals surface area contributed by atoms with Gasteiger partial charge in [0.25, 0.3) is 0 Å². The zero-order valence-corrected chi connectivity index (χ0v) is 11.5. The molecule has 0 radical (unpaired) electrons. The number of nitrogens with one attached hydrogen (secondary N) is 1. The number of nitrogens with two attached hydrogens (primary N) is 1. The first kappa shape index (κ1) is 14.6. The van der Waals surface area contributed by atoms with Crippen LogP contribution in [-0.2, 0) is 4.74 Å². The van der Waals surface area contributed by atoms with Crippen LogP contribution in [-0.4, -0.2) is 26.4 Å². The Morgan fingerprint density at radius 3 is 2.72 bits per heavy atom. The van der Waals surface area contributed by atoms with E-state index in [4.69, 9.17) is 15.2 Å². The van der Waals surface area contributed by atoms with E-state index in [1.165, 1.54) is 0 Å². The van der Waals surface area contributed by atoms with E-state index in [0.717, 1.165) is 24.3 Å². The summed E-state index contributed by atoms with van der Waals surface area (Å²) in [5.74, 6) is 0.745. The summed E-state index contributed by atoms with van der Waals surface area (Å²) in [6, 6.07) is 6.08. The summed E-state index contributed by atoms with van der Waals surface area (Å²) in [5, 5.41) is 3.41. The third-order valence-corrected chi connectivity index (χ3v) is 2.71. The SMILES string of the molecule is CCCOc1cc(NC(CC)COC)ccc1N. The summed E-state index contributed by atoms with van der Waals surface area (Å²) in [7, 11) is 1.71. The number of anilines is 2. The van der Waals surface area contributed by atoms with Gasteiger partial charge in [-0.15, -0.1) is 0 Å². The zero-order valence-electron chi connectivity index (χ0n) is 11.5. The topological polar surface area (TPSA) is 56.5 Å². The molecule has 0 aliphatic carbocycles. The summed E-state index contributed by atoms with van der Waals surface area (Å²) in [6.07, 6.45) is 1.97. The van der Waals surface area contributed by atoms with Crippen molar-refractivity contribution in [2.24, 2.45) is 0 Å². The van der Waals surface area contributed by atoms with Gasteiger partial charge >= 0.3 is 0 Å². The van der Waals surface area contributed by atoms with Crippen molar-refractivity contribution in [3.8, 4) is 5.75 Å². The van der Waals surface area contributed by atoms with Crippen molar-refractivity contribution >= 4 is 11.4 Å². The van der Waals surface area contributed by atoms with Gasteiger partial charge in [0.1, 0.15) is 5.75 Å². The molecule has 0 fully saturated rings. The standard InChI is InChI=1S/C14H24N2O2/c1-4-8-18-14-9-12(6-7-13(14)15)16-11(5-2)10-17-3/h6-7,9,11,16H,4-5,8,10,15H2,1-3H3. The summed E-state index contributed by atoms with van der Waals surface area (Å²) in [6.45, 7) is 5.57. The molecule has 1 atom stereocenters. The average Bonchev–Trinajstić information content (AvgIpc) is 2.38. The van der Waals surface area contributed by atoms with Crippen LogP contribution in [0.3, 0.4) is 0 Å². The molecule has 18 heavy (non-hydrogen) atoms. The lowest BCUT2D eigenvalue weighted by Crippen LogP contribution is -2.23. The van der Waals surface area contributed by atoms with Crippen molar-refractivity contribution < 1.29 is 9.47 Å². The Bertz CT molecular complexity index is 356. The molecule has 1 unspecified atom stereocenters. The minimum atomic E-state index is 0.303. The highest BCUT2D eigenvalue weighted by Crippen LogP contribution is 2.26. The van der Waals surface area contributed by atoms with Crippen molar-refractivity contribution in [1.82, 2.24) is 0 Å². The molecule has 1 rings (SSSR count). The van der Waals surface area contributed by atoms with Crippen LogP contribution < -0.4 is 15.8 Å². The molecular weight excluding hydrogens is 228 g/mol. The lowest BCUT2D eigenvalue weighted by molar-refractivity contribution is 0.184. The Hall–Kier alpha value is -1.42. The average molecular weight is 252 g/mol. The van der Waals surface area contributed by atoms with E-state index in [1.807, 2.05) is 18.2 Å². The normalized spacial score (nSPS) is 12.2. The maximum absolute atomic E-state index is 5.87. The first-order valence-corrected chi connectivity index (χ1v) is 6.49. The predicted octanol–water partition coefficient (Wildman–Crippen LogP) is 2.89. The van der Waals surface area contributed by atoms with Crippen LogP contribution in [0.4, 0.5) is 11.4 Å². The molecule has 0 aliphatic heterocycles. The maximum atomic E-state index is 5.87. The zero-order chi connectivity index (χ0) is 13.4. The van der Waals surface area contributed by atoms with Crippen molar-refractivity contribution in [3.05, 3.63) is 18.2 Å². The van der Waals surface area contributed by atoms with Crippen LogP contribution >= 0.6 is 0 Å². The number of hydrogen-bond donors (Lipinski definition) is 2. The fourth-order valence-corrected chi connectivity index (χ4v) is 1.66. The van der Waals surface area contributed by atoms with E-state index in [1.54, 1.807) is 7.11 Å². The molecule has 0 aromatic heterocycles. The van der Waals surface area contributed by atoms with Gasteiger partial charge in [0.2, 0.25) is 0 Å². The van der Waals surface area contributed by atoms with E-state index >= 15 is 0 Å². The van der Waals surface area contributed by atoms with Crippen LogP contribution in [0.15, 0.2) is 18.2 Å². The predicted molar refractivity (Wildman–Crippen MR) is 76.2 cm³/mol. The molecule has 1 aromatic carbocycles. The van der Waals surface area contributed by atoms with Crippen molar-refractivity contribution in [3.63, 3.8) is 0 Å². The van der Waals surface area contributed by atoms with Crippen LogP contribution in [0.25, 0.3) is 0 Å². The maximum Gasteiger partial charge on any atom is 0.144 e. The smallest absolute Gasteiger partial charge is 0.144 e. The number of hydrogen-bond acceptors (Lipinski definition) is 4. The quantitative estimate of drug-likeness (QED) is 0.698. The molecule has 4 nitrogen and oxygen atoms in total. The fraction of sp³-hybridized carbons (Fsp3) is 0.571. The van der Waals surface area contributed by atoms with Gasteiger partial charge in [0.05, 0.1) is 18.9 Å². The Morgan fingerprint density at radius 2 is 2.11 bits per heavy atom. The third-order valence-electron chi connectivity index (χ3n) is 2.71. The summed E-state index contributed by atoms with van der Waals surface area (Å²) < 4.78 is 10.8. The Balaban J connectivity index is 2.70. The second kappa shape index (κ2) is 7.82. The molecule has 0 saturated carbocycles. The van der Waals surface area contributed by atoms with Gasteiger partial charge in [-0.3, -0.25) is 0 Å². The molecule has 0 aliphatic rings. The lowest BCUT2D eigenvalue weighted by Gasteiger charge is -2.18. The van der Waals surface area contributed by atoms with Crippen molar-refractivity contribution in [1.29, 1.82) is 0 Å². The van der Waals surface area contributed by atoms with Crippen LogP contribution in [0.5, 0.6) is 5.75 Å². The molecule has 0 saturated heterocycles.